The second-order valence-electron chi connectivity index (χ2n) is 1.96. The van der Waals surface area contributed by atoms with Crippen LogP contribution in [0.1, 0.15) is 10.4 Å². The molecule has 2 N–H and O–H groups in total. The van der Waals surface area contributed by atoms with Crippen molar-refractivity contribution < 1.29 is 9.18 Å². The van der Waals surface area contributed by atoms with Gasteiger partial charge in [-0.25, -0.2) is 4.39 Å². The highest BCUT2D eigenvalue weighted by molar-refractivity contribution is 6.33. The lowest BCUT2D eigenvalue weighted by Gasteiger charge is -1.98. The van der Waals surface area contributed by atoms with E-state index in [0.717, 1.165) is 6.07 Å². The van der Waals surface area contributed by atoms with E-state index in [2.05, 4.69) is 0 Å². The summed E-state index contributed by atoms with van der Waals surface area (Å²) in [6.45, 7) is 0. The third-order valence-electron chi connectivity index (χ3n) is 1.21. The molecule has 5 heteroatoms. The quantitative estimate of drug-likeness (QED) is 0.756. The van der Waals surface area contributed by atoms with Crippen molar-refractivity contribution in [3.8, 4) is 0 Å². The van der Waals surface area contributed by atoms with Crippen LogP contribution in [-0.2, 0) is 0 Å². The molecule has 0 bridgehead atoms. The van der Waals surface area contributed by atoms with Crippen LogP contribution >= 0.6 is 24.0 Å². The third-order valence-corrected chi connectivity index (χ3v) is 1.52. The summed E-state index contributed by atoms with van der Waals surface area (Å²) in [4.78, 5) is 10.5. The molecule has 0 heterocycles. The van der Waals surface area contributed by atoms with Crippen LogP contribution in [0.4, 0.5) is 4.39 Å². The Labute approximate surface area is 79.9 Å². The molecule has 66 valence electrons. The highest BCUT2D eigenvalue weighted by atomic mass is 35.5. The van der Waals surface area contributed by atoms with Gasteiger partial charge >= 0.3 is 0 Å². The minimum Gasteiger partial charge on any atom is -0.365 e. The maximum atomic E-state index is 12.7. The van der Waals surface area contributed by atoms with Crippen molar-refractivity contribution >= 4 is 29.9 Å². The SMILES string of the molecule is Cl.NC(=O)c1c(F)cccc1Cl. The lowest BCUT2D eigenvalue weighted by molar-refractivity contribution is 0.0996. The molecule has 12 heavy (non-hydrogen) atoms. The van der Waals surface area contributed by atoms with Gasteiger partial charge in [0.1, 0.15) is 5.82 Å². The second-order valence-corrected chi connectivity index (χ2v) is 2.37. The zero-order valence-corrected chi connectivity index (χ0v) is 7.45. The maximum Gasteiger partial charge on any atom is 0.253 e. The summed E-state index contributed by atoms with van der Waals surface area (Å²) < 4.78 is 12.7. The minimum atomic E-state index is -0.854. The molecule has 0 aliphatic carbocycles. The molecule has 0 unspecified atom stereocenters. The number of hydrogen-bond donors (Lipinski definition) is 1. The van der Waals surface area contributed by atoms with E-state index in [9.17, 15) is 9.18 Å². The maximum absolute atomic E-state index is 12.7. The van der Waals surface area contributed by atoms with E-state index in [1.165, 1.54) is 12.1 Å². The van der Waals surface area contributed by atoms with Crippen molar-refractivity contribution in [1.82, 2.24) is 0 Å². The van der Waals surface area contributed by atoms with Crippen molar-refractivity contribution in [1.29, 1.82) is 0 Å². The first-order chi connectivity index (χ1) is 5.13. The molecule has 0 aliphatic rings. The van der Waals surface area contributed by atoms with Crippen molar-refractivity contribution in [2.24, 2.45) is 5.73 Å². The van der Waals surface area contributed by atoms with E-state index in [4.69, 9.17) is 17.3 Å². The molecule has 0 saturated heterocycles. The fraction of sp³-hybridized carbons (Fsp3) is 0. The van der Waals surface area contributed by atoms with Crippen LogP contribution in [0.25, 0.3) is 0 Å². The number of carbonyl (C=O) groups excluding carboxylic acids is 1. The number of halogens is 3. The predicted molar refractivity (Wildman–Crippen MR) is 47.2 cm³/mol. The molecule has 0 radical (unpaired) electrons. The molecule has 0 aromatic heterocycles. The molecule has 1 amide bonds. The summed E-state index contributed by atoms with van der Waals surface area (Å²) >= 11 is 5.48. The summed E-state index contributed by atoms with van der Waals surface area (Å²) in [6, 6.07) is 3.95. The van der Waals surface area contributed by atoms with Crippen LogP contribution in [0.2, 0.25) is 5.02 Å². The van der Waals surface area contributed by atoms with E-state index in [0.29, 0.717) is 0 Å². The first-order valence-corrected chi connectivity index (χ1v) is 3.24. The second kappa shape index (κ2) is 4.28. The van der Waals surface area contributed by atoms with Crippen molar-refractivity contribution in [3.05, 3.63) is 34.6 Å². The van der Waals surface area contributed by atoms with Crippen molar-refractivity contribution in [2.45, 2.75) is 0 Å². The Kier molecular flexibility index (Phi) is 4.00. The Balaban J connectivity index is 0.00000121. The Morgan fingerprint density at radius 1 is 1.50 bits per heavy atom. The van der Waals surface area contributed by atoms with E-state index in [-0.39, 0.29) is 23.0 Å². The van der Waals surface area contributed by atoms with Gasteiger partial charge in [0.15, 0.2) is 0 Å². The largest absolute Gasteiger partial charge is 0.365 e. The molecule has 0 saturated carbocycles. The summed E-state index contributed by atoms with van der Waals surface area (Å²) in [5.74, 6) is -1.54. The fourth-order valence-corrected chi connectivity index (χ4v) is 0.989. The molecule has 0 fully saturated rings. The summed E-state index contributed by atoms with van der Waals surface area (Å²) in [5.41, 5.74) is 4.60. The number of rotatable bonds is 1. The van der Waals surface area contributed by atoms with Gasteiger partial charge in [-0.1, -0.05) is 17.7 Å². The van der Waals surface area contributed by atoms with Crippen LogP contribution in [0.15, 0.2) is 18.2 Å². The average molecular weight is 210 g/mol. The zero-order chi connectivity index (χ0) is 8.43. The van der Waals surface area contributed by atoms with Crippen LogP contribution in [0, 0.1) is 5.82 Å². The Morgan fingerprint density at radius 3 is 2.42 bits per heavy atom. The first kappa shape index (κ1) is 11.2. The van der Waals surface area contributed by atoms with Gasteiger partial charge in [-0.05, 0) is 12.1 Å². The monoisotopic (exact) mass is 209 g/mol. The fourth-order valence-electron chi connectivity index (χ4n) is 0.733. The molecule has 0 spiro atoms. The van der Waals surface area contributed by atoms with Crippen molar-refractivity contribution in [3.63, 3.8) is 0 Å². The first-order valence-electron chi connectivity index (χ1n) is 2.86. The van der Waals surface area contributed by atoms with E-state index < -0.39 is 11.7 Å². The number of primary amides is 1. The number of carbonyl (C=O) groups is 1. The molecule has 0 aliphatic heterocycles. The molecular weight excluding hydrogens is 204 g/mol. The van der Waals surface area contributed by atoms with Crippen molar-refractivity contribution in [2.75, 3.05) is 0 Å². The number of hydrogen-bond acceptors (Lipinski definition) is 1. The van der Waals surface area contributed by atoms with Gasteiger partial charge in [0, 0.05) is 0 Å². The Morgan fingerprint density at radius 2 is 2.08 bits per heavy atom. The van der Waals surface area contributed by atoms with E-state index in [1.807, 2.05) is 0 Å². The highest BCUT2D eigenvalue weighted by Crippen LogP contribution is 2.17. The molecular formula is C7H6Cl2FNO. The highest BCUT2D eigenvalue weighted by Gasteiger charge is 2.11. The number of benzene rings is 1. The smallest absolute Gasteiger partial charge is 0.253 e. The zero-order valence-electron chi connectivity index (χ0n) is 5.88. The lowest BCUT2D eigenvalue weighted by atomic mass is 10.2. The standard InChI is InChI=1S/C7H5ClFNO.ClH/c8-4-2-1-3-5(9)6(4)7(10)11;/h1-3H,(H2,10,11);1H. The van der Waals surface area contributed by atoms with E-state index in [1.54, 1.807) is 0 Å². The molecule has 1 rings (SSSR count). The molecule has 0 atom stereocenters. The Hall–Kier alpha value is -0.800. The van der Waals surface area contributed by atoms with Gasteiger partial charge in [-0.2, -0.15) is 0 Å². The van der Waals surface area contributed by atoms with Gasteiger partial charge in [0.25, 0.3) is 5.91 Å². The van der Waals surface area contributed by atoms with Crippen LogP contribution < -0.4 is 5.73 Å². The topological polar surface area (TPSA) is 43.1 Å². The average Bonchev–Trinajstić information content (AvgIpc) is 1.85. The number of nitrogens with two attached hydrogens (primary N) is 1. The third kappa shape index (κ3) is 2.09. The van der Waals surface area contributed by atoms with Gasteiger partial charge in [0.2, 0.25) is 0 Å². The Bertz CT molecular complexity index is 283. The van der Waals surface area contributed by atoms with Crippen LogP contribution in [-0.4, -0.2) is 5.91 Å². The summed E-state index contributed by atoms with van der Waals surface area (Å²) in [6.07, 6.45) is 0. The lowest BCUT2D eigenvalue weighted by Crippen LogP contribution is -2.13. The van der Waals surface area contributed by atoms with Gasteiger partial charge in [-0.3, -0.25) is 4.79 Å². The number of amides is 1. The molecule has 1 aromatic carbocycles. The molecule has 1 aromatic rings. The summed E-state index contributed by atoms with van der Waals surface area (Å²) in [7, 11) is 0. The van der Waals surface area contributed by atoms with Crippen LogP contribution in [0.5, 0.6) is 0 Å². The molecule has 2 nitrogen and oxygen atoms in total. The van der Waals surface area contributed by atoms with Gasteiger partial charge in [0.05, 0.1) is 10.6 Å². The minimum absolute atomic E-state index is 0. The van der Waals surface area contributed by atoms with E-state index >= 15 is 0 Å². The summed E-state index contributed by atoms with van der Waals surface area (Å²) in [5, 5.41) is 0.0394. The van der Waals surface area contributed by atoms with Gasteiger partial charge < -0.3 is 5.73 Å². The predicted octanol–water partition coefficient (Wildman–Crippen LogP) is 2.00. The normalized spacial score (nSPS) is 8.83. The van der Waals surface area contributed by atoms with Gasteiger partial charge in [-0.15, -0.1) is 12.4 Å². The van der Waals surface area contributed by atoms with Crippen LogP contribution in [0.3, 0.4) is 0 Å².